The molecule has 0 radical (unpaired) electrons. The molecule has 8 heteroatoms. The van der Waals surface area contributed by atoms with Gasteiger partial charge in [-0.15, -0.1) is 0 Å². The number of hydrogen-bond acceptors (Lipinski definition) is 4. The van der Waals surface area contributed by atoms with Gasteiger partial charge >= 0.3 is 5.97 Å². The van der Waals surface area contributed by atoms with Crippen LogP contribution in [-0.2, 0) is 9.53 Å². The van der Waals surface area contributed by atoms with E-state index in [1.54, 1.807) is 6.07 Å². The molecule has 0 aliphatic rings. The molecule has 1 rings (SSSR count). The summed E-state index contributed by atoms with van der Waals surface area (Å²) < 4.78 is 6.00. The zero-order valence-corrected chi connectivity index (χ0v) is 13.2. The van der Waals surface area contributed by atoms with Crippen LogP contribution in [0.4, 0.5) is 0 Å². The van der Waals surface area contributed by atoms with Crippen molar-refractivity contribution in [2.24, 2.45) is 0 Å². The first kappa shape index (κ1) is 16.1. The van der Waals surface area contributed by atoms with E-state index in [0.717, 1.165) is 0 Å². The number of nitrogens with one attached hydrogen (secondary N) is 1. The molecule has 0 spiro atoms. The molecule has 104 valence electrons. The second-order valence-corrected chi connectivity index (χ2v) is 5.40. The molecule has 1 amide bonds. The Hall–Kier alpha value is -0.990. The molecule has 1 unspecified atom stereocenters. The lowest BCUT2D eigenvalue weighted by Crippen LogP contribution is -2.41. The fourth-order valence-electron chi connectivity index (χ4n) is 1.30. The Morgan fingerprint density at radius 1 is 1.53 bits per heavy atom. The Kier molecular flexibility index (Phi) is 6.40. The quantitative estimate of drug-likeness (QED) is 0.766. The van der Waals surface area contributed by atoms with Crippen LogP contribution in [0.3, 0.4) is 0 Å². The number of carboxylic acid groups (broad SMARTS) is 1. The van der Waals surface area contributed by atoms with Gasteiger partial charge in [-0.2, -0.15) is 0 Å². The number of methoxy groups -OCH3 is 1. The lowest BCUT2D eigenvalue weighted by molar-refractivity contribution is -0.139. The van der Waals surface area contributed by atoms with Gasteiger partial charge in [0.25, 0.3) is 5.91 Å². The van der Waals surface area contributed by atoms with Gasteiger partial charge in [0.1, 0.15) is 11.7 Å². The molecular formula is C11H12Br2N2O4. The van der Waals surface area contributed by atoms with Crippen LogP contribution in [-0.4, -0.2) is 41.7 Å². The molecule has 0 fully saturated rings. The van der Waals surface area contributed by atoms with Gasteiger partial charge in [0.15, 0.2) is 0 Å². The fourth-order valence-corrected chi connectivity index (χ4v) is 2.47. The first-order valence-corrected chi connectivity index (χ1v) is 6.88. The summed E-state index contributed by atoms with van der Waals surface area (Å²) in [7, 11) is 1.47. The Labute approximate surface area is 126 Å². The molecule has 1 heterocycles. The van der Waals surface area contributed by atoms with E-state index in [4.69, 9.17) is 9.84 Å². The van der Waals surface area contributed by atoms with Gasteiger partial charge in [-0.3, -0.25) is 4.79 Å². The topological polar surface area (TPSA) is 88.5 Å². The normalized spacial score (nSPS) is 11.9. The number of rotatable bonds is 6. The van der Waals surface area contributed by atoms with Crippen LogP contribution in [0.5, 0.6) is 0 Å². The number of ether oxygens (including phenoxy) is 1. The summed E-state index contributed by atoms with van der Waals surface area (Å²) >= 11 is 6.42. The van der Waals surface area contributed by atoms with Crippen molar-refractivity contribution in [1.29, 1.82) is 0 Å². The van der Waals surface area contributed by atoms with Crippen molar-refractivity contribution in [2.75, 3.05) is 13.7 Å². The Bertz CT molecular complexity index is 482. The van der Waals surface area contributed by atoms with Crippen LogP contribution in [0.25, 0.3) is 0 Å². The molecule has 6 nitrogen and oxygen atoms in total. The first-order chi connectivity index (χ1) is 8.95. The molecule has 19 heavy (non-hydrogen) atoms. The molecule has 1 aromatic rings. The fraction of sp³-hybridized carbons (Fsp3) is 0.364. The van der Waals surface area contributed by atoms with E-state index in [2.05, 4.69) is 42.2 Å². The van der Waals surface area contributed by atoms with Crippen molar-refractivity contribution in [3.63, 3.8) is 0 Å². The number of aliphatic carboxylic acids is 1. The predicted octanol–water partition coefficient (Wildman–Crippen LogP) is 1.83. The maximum atomic E-state index is 11.9. The molecular weight excluding hydrogens is 384 g/mol. The molecule has 0 aliphatic heterocycles. The second kappa shape index (κ2) is 7.56. The van der Waals surface area contributed by atoms with Gasteiger partial charge in [-0.05, 0) is 37.9 Å². The Morgan fingerprint density at radius 3 is 2.74 bits per heavy atom. The highest BCUT2D eigenvalue weighted by Gasteiger charge is 2.22. The summed E-state index contributed by atoms with van der Waals surface area (Å²) in [6.45, 7) is 0.242. The first-order valence-electron chi connectivity index (χ1n) is 5.29. The number of hydrogen-bond donors (Lipinski definition) is 2. The maximum absolute atomic E-state index is 11.9. The average Bonchev–Trinajstić information content (AvgIpc) is 2.33. The maximum Gasteiger partial charge on any atom is 0.326 e. The van der Waals surface area contributed by atoms with Crippen LogP contribution in [0.2, 0.25) is 0 Å². The summed E-state index contributed by atoms with van der Waals surface area (Å²) in [6, 6.07) is 0.650. The number of aromatic nitrogens is 1. The molecule has 0 aromatic carbocycles. The summed E-state index contributed by atoms with van der Waals surface area (Å²) in [5.74, 6) is -1.67. The van der Waals surface area contributed by atoms with E-state index >= 15 is 0 Å². The van der Waals surface area contributed by atoms with E-state index in [1.807, 2.05) is 0 Å². The average molecular weight is 396 g/mol. The van der Waals surface area contributed by atoms with Crippen molar-refractivity contribution >= 4 is 43.7 Å². The van der Waals surface area contributed by atoms with E-state index in [1.165, 1.54) is 13.3 Å². The second-order valence-electron chi connectivity index (χ2n) is 3.63. The van der Waals surface area contributed by atoms with Crippen molar-refractivity contribution in [3.8, 4) is 0 Å². The standard InChI is InChI=1S/C11H12Br2N2O4/c1-19-3-2-8(11(17)18)15-10(16)9-7(13)4-6(12)5-14-9/h4-5,8H,2-3H2,1H3,(H,15,16)(H,17,18). The van der Waals surface area contributed by atoms with E-state index in [9.17, 15) is 9.59 Å². The van der Waals surface area contributed by atoms with Gasteiger partial charge in [-0.1, -0.05) is 0 Å². The van der Waals surface area contributed by atoms with Crippen molar-refractivity contribution in [1.82, 2.24) is 10.3 Å². The van der Waals surface area contributed by atoms with E-state index in [-0.39, 0.29) is 18.7 Å². The molecule has 0 saturated carbocycles. The highest BCUT2D eigenvalue weighted by atomic mass is 79.9. The molecule has 2 N–H and O–H groups in total. The number of carbonyl (C=O) groups is 2. The van der Waals surface area contributed by atoms with Crippen LogP contribution >= 0.6 is 31.9 Å². The van der Waals surface area contributed by atoms with Crippen LogP contribution in [0, 0.1) is 0 Å². The highest BCUT2D eigenvalue weighted by molar-refractivity contribution is 9.11. The van der Waals surface area contributed by atoms with Crippen molar-refractivity contribution < 1.29 is 19.4 Å². The van der Waals surface area contributed by atoms with Crippen LogP contribution < -0.4 is 5.32 Å². The van der Waals surface area contributed by atoms with Crippen LogP contribution in [0.15, 0.2) is 21.2 Å². The third-order valence-electron chi connectivity index (χ3n) is 2.24. The van der Waals surface area contributed by atoms with Gasteiger partial charge in [0, 0.05) is 30.8 Å². The Balaban J connectivity index is 2.78. The third-order valence-corrected chi connectivity index (χ3v) is 3.28. The van der Waals surface area contributed by atoms with E-state index < -0.39 is 17.9 Å². The van der Waals surface area contributed by atoms with Crippen LogP contribution in [0.1, 0.15) is 16.9 Å². The molecule has 0 saturated heterocycles. The van der Waals surface area contributed by atoms with E-state index in [0.29, 0.717) is 8.95 Å². The smallest absolute Gasteiger partial charge is 0.326 e. The lowest BCUT2D eigenvalue weighted by Gasteiger charge is -2.14. The van der Waals surface area contributed by atoms with Gasteiger partial charge in [0.2, 0.25) is 0 Å². The van der Waals surface area contributed by atoms with Gasteiger partial charge in [0.05, 0.1) is 4.47 Å². The number of halogens is 2. The highest BCUT2D eigenvalue weighted by Crippen LogP contribution is 2.19. The lowest BCUT2D eigenvalue weighted by atomic mass is 10.2. The molecule has 0 bridgehead atoms. The zero-order chi connectivity index (χ0) is 14.4. The number of carboxylic acids is 1. The SMILES string of the molecule is COCCC(NC(=O)c1ncc(Br)cc1Br)C(=O)O. The molecule has 0 aliphatic carbocycles. The van der Waals surface area contributed by atoms with Gasteiger partial charge < -0.3 is 15.2 Å². The number of nitrogens with zero attached hydrogens (tertiary/aromatic N) is 1. The Morgan fingerprint density at radius 2 is 2.21 bits per heavy atom. The number of pyridine rings is 1. The van der Waals surface area contributed by atoms with Crippen molar-refractivity contribution in [2.45, 2.75) is 12.5 Å². The van der Waals surface area contributed by atoms with Gasteiger partial charge in [-0.25, -0.2) is 9.78 Å². The summed E-state index contributed by atoms with van der Waals surface area (Å²) in [4.78, 5) is 26.9. The molecule has 1 atom stereocenters. The number of carbonyl (C=O) groups excluding carboxylic acids is 1. The minimum Gasteiger partial charge on any atom is -0.480 e. The van der Waals surface area contributed by atoms with Crippen molar-refractivity contribution in [3.05, 3.63) is 26.9 Å². The zero-order valence-electron chi connectivity index (χ0n) is 10.0. The largest absolute Gasteiger partial charge is 0.480 e. The predicted molar refractivity (Wildman–Crippen MR) is 75.0 cm³/mol. The minimum atomic E-state index is -1.11. The summed E-state index contributed by atoms with van der Waals surface area (Å²) in [5, 5.41) is 11.4. The molecule has 1 aromatic heterocycles. The summed E-state index contributed by atoms with van der Waals surface area (Å²) in [5.41, 5.74) is 0.131. The monoisotopic (exact) mass is 394 g/mol. The third kappa shape index (κ3) is 4.88. The number of amides is 1. The summed E-state index contributed by atoms with van der Waals surface area (Å²) in [6.07, 6.45) is 1.65. The minimum absolute atomic E-state index is 0.131.